The molecule has 0 aromatic carbocycles. The molecule has 1 amide bonds. The van der Waals surface area contributed by atoms with E-state index in [1.54, 1.807) is 13.2 Å². The van der Waals surface area contributed by atoms with Crippen LogP contribution in [-0.4, -0.2) is 31.5 Å². The predicted molar refractivity (Wildman–Crippen MR) is 59.5 cm³/mol. The van der Waals surface area contributed by atoms with Gasteiger partial charge in [-0.25, -0.2) is 0 Å². The van der Waals surface area contributed by atoms with Gasteiger partial charge in [-0.2, -0.15) is 0 Å². The normalized spacial score (nSPS) is 9.80. The second-order valence-electron chi connectivity index (χ2n) is 3.24. The van der Waals surface area contributed by atoms with Gasteiger partial charge < -0.3 is 16.0 Å². The van der Waals surface area contributed by atoms with E-state index in [-0.39, 0.29) is 5.91 Å². The average Bonchev–Trinajstić information content (AvgIpc) is 2.28. The van der Waals surface area contributed by atoms with Gasteiger partial charge in [0.25, 0.3) is 0 Å². The van der Waals surface area contributed by atoms with Crippen LogP contribution < -0.4 is 16.0 Å². The molecule has 0 saturated heterocycles. The minimum absolute atomic E-state index is 0.0244. The largest absolute Gasteiger partial charge is 0.365 e. The van der Waals surface area contributed by atoms with E-state index in [4.69, 9.17) is 5.73 Å². The van der Waals surface area contributed by atoms with Crippen molar-refractivity contribution in [2.45, 2.75) is 6.54 Å². The summed E-state index contributed by atoms with van der Waals surface area (Å²) in [6, 6.07) is 3.73. The Balaban J connectivity index is 2.72. The Bertz CT molecular complexity index is 340. The van der Waals surface area contributed by atoms with Crippen molar-refractivity contribution < 1.29 is 4.79 Å². The van der Waals surface area contributed by atoms with Gasteiger partial charge in [-0.3, -0.25) is 9.78 Å². The third-order valence-electron chi connectivity index (χ3n) is 2.11. The van der Waals surface area contributed by atoms with E-state index in [1.165, 1.54) is 0 Å². The lowest BCUT2D eigenvalue weighted by Crippen LogP contribution is -2.33. The van der Waals surface area contributed by atoms with Gasteiger partial charge in [0, 0.05) is 32.5 Å². The molecule has 0 aliphatic rings. The third-order valence-corrected chi connectivity index (χ3v) is 2.11. The van der Waals surface area contributed by atoms with E-state index in [0.717, 1.165) is 11.4 Å². The summed E-state index contributed by atoms with van der Waals surface area (Å²) < 4.78 is 0. The first kappa shape index (κ1) is 11.5. The molecule has 82 valence electrons. The summed E-state index contributed by atoms with van der Waals surface area (Å²) in [6.45, 7) is 0.728. The minimum atomic E-state index is -0.0244. The number of likely N-dealkylation sites (N-methyl/N-ethyl adjacent to an activating group) is 2. The minimum Gasteiger partial charge on any atom is -0.365 e. The molecule has 15 heavy (non-hydrogen) atoms. The predicted octanol–water partition coefficient (Wildman–Crippen LogP) is -0.277. The molecule has 0 aliphatic carbocycles. The van der Waals surface area contributed by atoms with Gasteiger partial charge in [0.2, 0.25) is 5.91 Å². The van der Waals surface area contributed by atoms with Gasteiger partial charge >= 0.3 is 0 Å². The number of aromatic nitrogens is 1. The van der Waals surface area contributed by atoms with Gasteiger partial charge in [-0.05, 0) is 12.1 Å². The van der Waals surface area contributed by atoms with Crippen LogP contribution in [0, 0.1) is 0 Å². The Morgan fingerprint density at radius 1 is 1.67 bits per heavy atom. The Labute approximate surface area is 89.3 Å². The van der Waals surface area contributed by atoms with Crippen molar-refractivity contribution in [2.24, 2.45) is 5.73 Å². The summed E-state index contributed by atoms with van der Waals surface area (Å²) in [5.41, 5.74) is 7.24. The molecule has 0 atom stereocenters. The molecule has 1 aromatic heterocycles. The highest BCUT2D eigenvalue weighted by atomic mass is 16.1. The fourth-order valence-electron chi connectivity index (χ4n) is 1.20. The molecule has 1 aromatic rings. The maximum atomic E-state index is 11.2. The van der Waals surface area contributed by atoms with E-state index in [2.05, 4.69) is 10.3 Å². The molecule has 5 nitrogen and oxygen atoms in total. The van der Waals surface area contributed by atoms with Gasteiger partial charge in [0.05, 0.1) is 12.2 Å². The monoisotopic (exact) mass is 208 g/mol. The lowest BCUT2D eigenvalue weighted by Gasteiger charge is -2.18. The Kier molecular flexibility index (Phi) is 4.05. The highest BCUT2D eigenvalue weighted by Gasteiger charge is 2.06. The van der Waals surface area contributed by atoms with Gasteiger partial charge in [0.1, 0.15) is 0 Å². The van der Waals surface area contributed by atoms with Crippen LogP contribution in [0.5, 0.6) is 0 Å². The molecule has 0 saturated carbocycles. The third kappa shape index (κ3) is 3.21. The SMILES string of the molecule is CNC(=O)CN(C)c1ccnc(CN)c1. The second kappa shape index (κ2) is 5.31. The summed E-state index contributed by atoms with van der Waals surface area (Å²) >= 11 is 0. The van der Waals surface area contributed by atoms with E-state index in [9.17, 15) is 4.79 Å². The zero-order valence-electron chi connectivity index (χ0n) is 9.03. The molecule has 1 rings (SSSR count). The summed E-state index contributed by atoms with van der Waals surface area (Å²) in [5, 5.41) is 2.57. The molecule has 0 radical (unpaired) electrons. The van der Waals surface area contributed by atoms with E-state index < -0.39 is 0 Å². The van der Waals surface area contributed by atoms with Crippen LogP contribution in [0.2, 0.25) is 0 Å². The first-order chi connectivity index (χ1) is 7.17. The van der Waals surface area contributed by atoms with Crippen LogP contribution in [0.1, 0.15) is 5.69 Å². The number of amides is 1. The molecular formula is C10H16N4O. The number of carbonyl (C=O) groups is 1. The maximum Gasteiger partial charge on any atom is 0.239 e. The number of hydrogen-bond donors (Lipinski definition) is 2. The van der Waals surface area contributed by atoms with Crippen LogP contribution in [0.3, 0.4) is 0 Å². The number of carbonyl (C=O) groups excluding carboxylic acids is 1. The molecule has 1 heterocycles. The van der Waals surface area contributed by atoms with Crippen molar-refractivity contribution in [3.63, 3.8) is 0 Å². The number of rotatable bonds is 4. The average molecular weight is 208 g/mol. The van der Waals surface area contributed by atoms with E-state index in [1.807, 2.05) is 24.1 Å². The fraction of sp³-hybridized carbons (Fsp3) is 0.400. The Morgan fingerprint density at radius 3 is 3.00 bits per heavy atom. The number of pyridine rings is 1. The fourth-order valence-corrected chi connectivity index (χ4v) is 1.20. The highest BCUT2D eigenvalue weighted by Crippen LogP contribution is 2.11. The van der Waals surface area contributed by atoms with Gasteiger partial charge in [0.15, 0.2) is 0 Å². The Hall–Kier alpha value is -1.62. The summed E-state index contributed by atoms with van der Waals surface area (Å²) in [4.78, 5) is 17.1. The second-order valence-corrected chi connectivity index (χ2v) is 3.24. The van der Waals surface area contributed by atoms with E-state index in [0.29, 0.717) is 13.1 Å². The van der Waals surface area contributed by atoms with Crippen LogP contribution in [0.4, 0.5) is 5.69 Å². The van der Waals surface area contributed by atoms with Crippen molar-refractivity contribution in [2.75, 3.05) is 25.5 Å². The van der Waals surface area contributed by atoms with Crippen LogP contribution in [0.25, 0.3) is 0 Å². The first-order valence-electron chi connectivity index (χ1n) is 4.74. The van der Waals surface area contributed by atoms with Gasteiger partial charge in [-0.15, -0.1) is 0 Å². The van der Waals surface area contributed by atoms with Crippen molar-refractivity contribution in [3.05, 3.63) is 24.0 Å². The molecule has 0 bridgehead atoms. The number of nitrogens with zero attached hydrogens (tertiary/aromatic N) is 2. The molecule has 5 heteroatoms. The first-order valence-corrected chi connectivity index (χ1v) is 4.74. The molecule has 0 spiro atoms. The van der Waals surface area contributed by atoms with Crippen LogP contribution in [-0.2, 0) is 11.3 Å². The molecule has 0 unspecified atom stereocenters. The standard InChI is InChI=1S/C10H16N4O/c1-12-10(15)7-14(2)9-3-4-13-8(5-9)6-11/h3-5H,6-7,11H2,1-2H3,(H,12,15). The van der Waals surface area contributed by atoms with Crippen molar-refractivity contribution >= 4 is 11.6 Å². The highest BCUT2D eigenvalue weighted by molar-refractivity contribution is 5.80. The number of hydrogen-bond acceptors (Lipinski definition) is 4. The zero-order chi connectivity index (χ0) is 11.3. The molecular weight excluding hydrogens is 192 g/mol. The van der Waals surface area contributed by atoms with Crippen LogP contribution in [0.15, 0.2) is 18.3 Å². The molecule has 3 N–H and O–H groups in total. The topological polar surface area (TPSA) is 71.2 Å². The number of nitrogens with two attached hydrogens (primary N) is 1. The lowest BCUT2D eigenvalue weighted by molar-refractivity contribution is -0.119. The Morgan fingerprint density at radius 2 is 2.40 bits per heavy atom. The molecule has 0 aliphatic heterocycles. The summed E-state index contributed by atoms with van der Waals surface area (Å²) in [7, 11) is 3.47. The number of nitrogens with one attached hydrogen (secondary N) is 1. The van der Waals surface area contributed by atoms with Crippen molar-refractivity contribution in [1.82, 2.24) is 10.3 Å². The zero-order valence-corrected chi connectivity index (χ0v) is 9.03. The molecule has 0 fully saturated rings. The smallest absolute Gasteiger partial charge is 0.239 e. The van der Waals surface area contributed by atoms with Crippen molar-refractivity contribution in [1.29, 1.82) is 0 Å². The maximum absolute atomic E-state index is 11.2. The lowest BCUT2D eigenvalue weighted by atomic mass is 10.3. The van der Waals surface area contributed by atoms with E-state index >= 15 is 0 Å². The summed E-state index contributed by atoms with van der Waals surface area (Å²) in [5.74, 6) is -0.0244. The van der Waals surface area contributed by atoms with Crippen LogP contribution >= 0.6 is 0 Å². The van der Waals surface area contributed by atoms with Crippen molar-refractivity contribution in [3.8, 4) is 0 Å². The summed E-state index contributed by atoms with van der Waals surface area (Å²) in [6.07, 6.45) is 1.69. The van der Waals surface area contributed by atoms with Gasteiger partial charge in [-0.1, -0.05) is 0 Å². The number of anilines is 1. The quantitative estimate of drug-likeness (QED) is 0.714.